The molecule has 1 atom stereocenters. The molecule has 2 aromatic rings. The number of pyridine rings is 2. The van der Waals surface area contributed by atoms with Crippen LogP contribution in [0.15, 0.2) is 42.9 Å². The molecule has 1 aliphatic rings. The average molecular weight is 342 g/mol. The normalized spacial score (nSPS) is 16.7. The molecule has 1 N–H and O–H groups in total. The number of aromatic nitrogens is 2. The van der Waals surface area contributed by atoms with Gasteiger partial charge < -0.3 is 19.7 Å². The van der Waals surface area contributed by atoms with E-state index in [-0.39, 0.29) is 12.1 Å². The molecule has 3 heterocycles. The van der Waals surface area contributed by atoms with Crippen molar-refractivity contribution in [3.63, 3.8) is 0 Å². The summed E-state index contributed by atoms with van der Waals surface area (Å²) >= 11 is 0. The SMILES string of the molecule is COCCOc1ccc(NC(=O)N2CCC[C@H]2c2ccncc2)cn1. The van der Waals surface area contributed by atoms with Crippen molar-refractivity contribution in [2.24, 2.45) is 0 Å². The average Bonchev–Trinajstić information content (AvgIpc) is 3.14. The number of likely N-dealkylation sites (tertiary alicyclic amines) is 1. The number of rotatable bonds is 6. The standard InChI is InChI=1S/C18H22N4O3/c1-24-11-12-25-17-5-4-15(13-20-17)21-18(23)22-10-2-3-16(22)14-6-8-19-9-7-14/h4-9,13,16H,2-3,10-12H2,1H3,(H,21,23)/t16-/m0/s1. The number of hydrogen-bond donors (Lipinski definition) is 1. The van der Waals surface area contributed by atoms with E-state index in [0.29, 0.717) is 24.8 Å². The number of urea groups is 1. The van der Waals surface area contributed by atoms with E-state index in [0.717, 1.165) is 24.9 Å². The molecule has 0 aliphatic carbocycles. The third-order valence-electron chi connectivity index (χ3n) is 4.13. The molecule has 0 unspecified atom stereocenters. The van der Waals surface area contributed by atoms with E-state index in [1.165, 1.54) is 0 Å². The molecule has 25 heavy (non-hydrogen) atoms. The van der Waals surface area contributed by atoms with E-state index < -0.39 is 0 Å². The van der Waals surface area contributed by atoms with Gasteiger partial charge in [-0.05, 0) is 36.6 Å². The molecule has 3 rings (SSSR count). The van der Waals surface area contributed by atoms with E-state index in [9.17, 15) is 4.79 Å². The molecule has 0 aromatic carbocycles. The molecule has 0 bridgehead atoms. The maximum absolute atomic E-state index is 12.6. The van der Waals surface area contributed by atoms with Gasteiger partial charge in [-0.1, -0.05) is 0 Å². The summed E-state index contributed by atoms with van der Waals surface area (Å²) in [6, 6.07) is 7.41. The molecule has 2 amide bonds. The minimum Gasteiger partial charge on any atom is -0.475 e. The Labute approximate surface area is 147 Å². The van der Waals surface area contributed by atoms with Gasteiger partial charge in [0, 0.05) is 32.1 Å². The Kier molecular flexibility index (Phi) is 5.79. The summed E-state index contributed by atoms with van der Waals surface area (Å²) in [6.07, 6.45) is 7.07. The molecule has 2 aromatic heterocycles. The van der Waals surface area contributed by atoms with Gasteiger partial charge in [-0.3, -0.25) is 4.98 Å². The third kappa shape index (κ3) is 4.45. The van der Waals surface area contributed by atoms with E-state index >= 15 is 0 Å². The number of methoxy groups -OCH3 is 1. The molecule has 1 saturated heterocycles. The number of nitrogens with zero attached hydrogens (tertiary/aromatic N) is 3. The number of carbonyl (C=O) groups excluding carboxylic acids is 1. The van der Waals surface area contributed by atoms with Crippen LogP contribution in [0, 0.1) is 0 Å². The van der Waals surface area contributed by atoms with Crippen molar-refractivity contribution in [3.05, 3.63) is 48.4 Å². The zero-order valence-corrected chi connectivity index (χ0v) is 14.2. The maximum atomic E-state index is 12.6. The second kappa shape index (κ2) is 8.43. The van der Waals surface area contributed by atoms with Crippen LogP contribution in [0.1, 0.15) is 24.4 Å². The summed E-state index contributed by atoms with van der Waals surface area (Å²) in [4.78, 5) is 22.7. The Hall–Kier alpha value is -2.67. The molecule has 0 radical (unpaired) electrons. The predicted octanol–water partition coefficient (Wildman–Crippen LogP) is 2.87. The fourth-order valence-corrected chi connectivity index (χ4v) is 2.91. The Morgan fingerprint density at radius 2 is 2.12 bits per heavy atom. The van der Waals surface area contributed by atoms with Gasteiger partial charge in [0.25, 0.3) is 0 Å². The lowest BCUT2D eigenvalue weighted by molar-refractivity contribution is 0.144. The Balaban J connectivity index is 1.59. The molecule has 7 nitrogen and oxygen atoms in total. The quantitative estimate of drug-likeness (QED) is 0.817. The highest BCUT2D eigenvalue weighted by atomic mass is 16.5. The molecule has 7 heteroatoms. The number of nitrogens with one attached hydrogen (secondary N) is 1. The number of carbonyl (C=O) groups is 1. The number of ether oxygens (including phenoxy) is 2. The van der Waals surface area contributed by atoms with Crippen LogP contribution in [-0.4, -0.2) is 47.8 Å². The van der Waals surface area contributed by atoms with Crippen LogP contribution in [0.5, 0.6) is 5.88 Å². The highest BCUT2D eigenvalue weighted by Gasteiger charge is 2.29. The second-order valence-electron chi connectivity index (χ2n) is 5.79. The molecule has 0 saturated carbocycles. The first-order valence-corrected chi connectivity index (χ1v) is 8.33. The van der Waals surface area contributed by atoms with Crippen LogP contribution in [-0.2, 0) is 4.74 Å². The lowest BCUT2D eigenvalue weighted by Gasteiger charge is -2.25. The second-order valence-corrected chi connectivity index (χ2v) is 5.79. The maximum Gasteiger partial charge on any atom is 0.322 e. The van der Waals surface area contributed by atoms with Crippen LogP contribution in [0.2, 0.25) is 0 Å². The predicted molar refractivity (Wildman–Crippen MR) is 93.5 cm³/mol. The zero-order chi connectivity index (χ0) is 17.5. The number of hydrogen-bond acceptors (Lipinski definition) is 5. The van der Waals surface area contributed by atoms with Crippen LogP contribution in [0.3, 0.4) is 0 Å². The Morgan fingerprint density at radius 1 is 1.28 bits per heavy atom. The fraction of sp³-hybridized carbons (Fsp3) is 0.389. The fourth-order valence-electron chi connectivity index (χ4n) is 2.91. The van der Waals surface area contributed by atoms with Gasteiger partial charge in [0.15, 0.2) is 0 Å². The van der Waals surface area contributed by atoms with E-state index in [1.807, 2.05) is 17.0 Å². The first-order chi connectivity index (χ1) is 12.3. The highest BCUT2D eigenvalue weighted by Crippen LogP contribution is 2.32. The topological polar surface area (TPSA) is 76.6 Å². The van der Waals surface area contributed by atoms with E-state index in [1.54, 1.807) is 37.8 Å². The monoisotopic (exact) mass is 342 g/mol. The van der Waals surface area contributed by atoms with E-state index in [4.69, 9.17) is 9.47 Å². The molecular weight excluding hydrogens is 320 g/mol. The summed E-state index contributed by atoms with van der Waals surface area (Å²) in [7, 11) is 1.62. The van der Waals surface area contributed by atoms with Crippen LogP contribution in [0.25, 0.3) is 0 Å². The van der Waals surface area contributed by atoms with Gasteiger partial charge in [-0.15, -0.1) is 0 Å². The zero-order valence-electron chi connectivity index (χ0n) is 14.2. The van der Waals surface area contributed by atoms with Gasteiger partial charge >= 0.3 is 6.03 Å². The molecular formula is C18H22N4O3. The largest absolute Gasteiger partial charge is 0.475 e. The van der Waals surface area contributed by atoms with Crippen LogP contribution in [0.4, 0.5) is 10.5 Å². The third-order valence-corrected chi connectivity index (χ3v) is 4.13. The van der Waals surface area contributed by atoms with Crippen molar-refractivity contribution in [2.75, 3.05) is 32.2 Å². The van der Waals surface area contributed by atoms with Crippen molar-refractivity contribution in [2.45, 2.75) is 18.9 Å². The smallest absolute Gasteiger partial charge is 0.322 e. The first-order valence-electron chi connectivity index (χ1n) is 8.33. The van der Waals surface area contributed by atoms with Crippen LogP contribution < -0.4 is 10.1 Å². The van der Waals surface area contributed by atoms with Crippen molar-refractivity contribution < 1.29 is 14.3 Å². The number of amides is 2. The molecule has 1 aliphatic heterocycles. The summed E-state index contributed by atoms with van der Waals surface area (Å²) < 4.78 is 10.3. The highest BCUT2D eigenvalue weighted by molar-refractivity contribution is 5.89. The summed E-state index contributed by atoms with van der Waals surface area (Å²) in [5.41, 5.74) is 1.76. The van der Waals surface area contributed by atoms with Crippen LogP contribution >= 0.6 is 0 Å². The van der Waals surface area contributed by atoms with Crippen molar-refractivity contribution in [1.82, 2.24) is 14.9 Å². The van der Waals surface area contributed by atoms with Gasteiger partial charge in [-0.25, -0.2) is 9.78 Å². The van der Waals surface area contributed by atoms with Gasteiger partial charge in [0.1, 0.15) is 6.61 Å². The van der Waals surface area contributed by atoms with Gasteiger partial charge in [0.2, 0.25) is 5.88 Å². The van der Waals surface area contributed by atoms with Crippen molar-refractivity contribution in [1.29, 1.82) is 0 Å². The Morgan fingerprint density at radius 3 is 2.84 bits per heavy atom. The van der Waals surface area contributed by atoms with E-state index in [2.05, 4.69) is 15.3 Å². The van der Waals surface area contributed by atoms with Gasteiger partial charge in [0.05, 0.1) is 24.5 Å². The minimum atomic E-state index is -0.117. The lowest BCUT2D eigenvalue weighted by atomic mass is 10.1. The molecule has 132 valence electrons. The van der Waals surface area contributed by atoms with Gasteiger partial charge in [-0.2, -0.15) is 0 Å². The molecule has 1 fully saturated rings. The first kappa shape index (κ1) is 17.2. The molecule has 0 spiro atoms. The van der Waals surface area contributed by atoms with Crippen molar-refractivity contribution in [3.8, 4) is 5.88 Å². The minimum absolute atomic E-state index is 0.0904. The summed E-state index contributed by atoms with van der Waals surface area (Å²) in [5.74, 6) is 0.505. The summed E-state index contributed by atoms with van der Waals surface area (Å²) in [5, 5.41) is 2.91. The number of anilines is 1. The van der Waals surface area contributed by atoms with Crippen molar-refractivity contribution >= 4 is 11.7 Å². The Bertz CT molecular complexity index is 678. The summed E-state index contributed by atoms with van der Waals surface area (Å²) in [6.45, 7) is 1.69. The lowest BCUT2D eigenvalue weighted by Crippen LogP contribution is -2.34.